The Morgan fingerprint density at radius 1 is 1.13 bits per heavy atom. The Morgan fingerprint density at radius 3 is 2.53 bits per heavy atom. The summed E-state index contributed by atoms with van der Waals surface area (Å²) in [6.45, 7) is 2.41. The second-order valence-electron chi connectivity index (χ2n) is 9.84. The van der Waals surface area contributed by atoms with Crippen LogP contribution in [-0.2, 0) is 29.0 Å². The Bertz CT molecular complexity index is 1490. The number of halogens is 1. The first-order chi connectivity index (χ1) is 18.3. The van der Waals surface area contributed by atoms with Gasteiger partial charge in [-0.15, -0.1) is 11.3 Å². The van der Waals surface area contributed by atoms with Gasteiger partial charge in [-0.1, -0.05) is 19.3 Å². The summed E-state index contributed by atoms with van der Waals surface area (Å²) < 4.78 is 21.2. The number of hydrogen-bond acceptors (Lipinski definition) is 6. The zero-order chi connectivity index (χ0) is 27.0. The Hall–Kier alpha value is -3.47. The summed E-state index contributed by atoms with van der Waals surface area (Å²) in [5.41, 5.74) is -0.161. The van der Waals surface area contributed by atoms with Crippen LogP contribution in [0.1, 0.15) is 49.5 Å². The van der Waals surface area contributed by atoms with Crippen molar-refractivity contribution >= 4 is 33.6 Å². The molecular weight excluding hydrogens is 511 g/mol. The maximum Gasteiger partial charge on any atom is 0.410 e. The van der Waals surface area contributed by atoms with Gasteiger partial charge in [-0.25, -0.2) is 18.5 Å². The van der Waals surface area contributed by atoms with Gasteiger partial charge in [-0.05, 0) is 56.0 Å². The number of carbonyl (C=O) groups excluding carboxylic acids is 2. The highest BCUT2D eigenvalue weighted by atomic mass is 32.1. The third kappa shape index (κ3) is 4.75. The van der Waals surface area contributed by atoms with Crippen LogP contribution in [-0.4, -0.2) is 57.2 Å². The minimum Gasteiger partial charge on any atom is -0.450 e. The Kier molecular flexibility index (Phi) is 7.38. The van der Waals surface area contributed by atoms with Gasteiger partial charge in [-0.3, -0.25) is 14.2 Å². The number of likely N-dealkylation sites (N-methyl/N-ethyl adjacent to an activating group) is 1. The van der Waals surface area contributed by atoms with E-state index in [1.54, 1.807) is 23.8 Å². The molecule has 202 valence electrons. The van der Waals surface area contributed by atoms with Gasteiger partial charge in [0.1, 0.15) is 17.2 Å². The lowest BCUT2D eigenvalue weighted by Crippen LogP contribution is -2.44. The van der Waals surface area contributed by atoms with Crippen LogP contribution in [0.5, 0.6) is 0 Å². The molecule has 0 saturated heterocycles. The zero-order valence-corrected chi connectivity index (χ0v) is 22.4. The highest BCUT2D eigenvalue weighted by Gasteiger charge is 2.30. The van der Waals surface area contributed by atoms with Crippen LogP contribution in [0.2, 0.25) is 0 Å². The summed E-state index contributed by atoms with van der Waals surface area (Å²) in [6.07, 6.45) is 5.14. The van der Waals surface area contributed by atoms with Crippen LogP contribution < -0.4 is 11.2 Å². The number of carbonyl (C=O) groups is 2. The predicted octanol–water partition coefficient (Wildman–Crippen LogP) is 3.66. The third-order valence-corrected chi connectivity index (χ3v) is 8.78. The second-order valence-corrected chi connectivity index (χ2v) is 10.9. The van der Waals surface area contributed by atoms with E-state index in [4.69, 9.17) is 4.74 Å². The summed E-state index contributed by atoms with van der Waals surface area (Å²) >= 11 is 1.26. The largest absolute Gasteiger partial charge is 0.450 e. The minimum atomic E-state index is -0.652. The first-order valence-electron chi connectivity index (χ1n) is 13.0. The van der Waals surface area contributed by atoms with Crippen LogP contribution in [0.4, 0.5) is 9.18 Å². The summed E-state index contributed by atoms with van der Waals surface area (Å²) in [5, 5.41) is 0.366. The smallest absolute Gasteiger partial charge is 0.410 e. The standard InChI is InChI=1S/C27H31FN4O5S/c1-3-37-27(36)30-14-13-20-21(15-30)38-25-23(20)24(34)32(19-11-9-17(28)10-12-19)26(35)31(25)16-22(33)29(2)18-7-5-4-6-8-18/h9-12,18H,3-8,13-16H2,1-2H3. The van der Waals surface area contributed by atoms with E-state index in [0.717, 1.165) is 47.1 Å². The SMILES string of the molecule is CCOC(=O)N1CCc2c(sc3c2c(=O)n(-c2ccc(F)cc2)c(=O)n3CC(=O)N(C)C2CCCCC2)C1. The summed E-state index contributed by atoms with van der Waals surface area (Å²) in [4.78, 5) is 57.8. The van der Waals surface area contributed by atoms with Gasteiger partial charge in [0.05, 0.1) is 24.2 Å². The molecule has 0 atom stereocenters. The number of hydrogen-bond donors (Lipinski definition) is 0. The topological polar surface area (TPSA) is 93.8 Å². The molecule has 2 amide bonds. The molecule has 0 spiro atoms. The molecule has 3 heterocycles. The summed E-state index contributed by atoms with van der Waals surface area (Å²) in [7, 11) is 1.77. The third-order valence-electron chi connectivity index (χ3n) is 7.54. The second kappa shape index (κ2) is 10.7. The van der Waals surface area contributed by atoms with Crippen molar-refractivity contribution in [2.75, 3.05) is 20.2 Å². The van der Waals surface area contributed by atoms with E-state index in [1.807, 2.05) is 0 Å². The van der Waals surface area contributed by atoms with Crippen molar-refractivity contribution in [1.29, 1.82) is 0 Å². The maximum absolute atomic E-state index is 13.8. The first-order valence-corrected chi connectivity index (χ1v) is 13.8. The molecule has 1 aliphatic carbocycles. The number of rotatable bonds is 5. The molecule has 2 aliphatic rings. The molecule has 0 unspecified atom stereocenters. The normalized spacial score (nSPS) is 15.9. The van der Waals surface area contributed by atoms with Crippen molar-refractivity contribution in [2.45, 2.75) is 64.6 Å². The highest BCUT2D eigenvalue weighted by Crippen LogP contribution is 2.33. The van der Waals surface area contributed by atoms with Crippen LogP contribution >= 0.6 is 11.3 Å². The summed E-state index contributed by atoms with van der Waals surface area (Å²) in [5.74, 6) is -0.691. The van der Waals surface area contributed by atoms with E-state index in [9.17, 15) is 23.6 Å². The number of nitrogens with zero attached hydrogens (tertiary/aromatic N) is 4. The summed E-state index contributed by atoms with van der Waals surface area (Å²) in [6, 6.07) is 5.27. The molecule has 5 rings (SSSR count). The quantitative estimate of drug-likeness (QED) is 0.491. The molecule has 9 nitrogen and oxygen atoms in total. The molecule has 0 radical (unpaired) electrons. The number of amides is 2. The number of fused-ring (bicyclic) bond motifs is 3. The monoisotopic (exact) mass is 542 g/mol. The van der Waals surface area contributed by atoms with Gasteiger partial charge in [0, 0.05) is 24.5 Å². The average molecular weight is 543 g/mol. The van der Waals surface area contributed by atoms with Crippen molar-refractivity contribution in [3.8, 4) is 5.69 Å². The lowest BCUT2D eigenvalue weighted by atomic mass is 9.94. The van der Waals surface area contributed by atoms with Gasteiger partial charge in [0.15, 0.2) is 0 Å². The molecule has 2 aromatic heterocycles. The van der Waals surface area contributed by atoms with Crippen LogP contribution in [0.25, 0.3) is 15.9 Å². The molecule has 1 saturated carbocycles. The molecular formula is C27H31FN4O5S. The van der Waals surface area contributed by atoms with E-state index in [0.29, 0.717) is 23.2 Å². The van der Waals surface area contributed by atoms with Gasteiger partial charge >= 0.3 is 11.8 Å². The van der Waals surface area contributed by atoms with Crippen molar-refractivity contribution in [2.24, 2.45) is 0 Å². The van der Waals surface area contributed by atoms with Crippen LogP contribution in [0, 0.1) is 5.82 Å². The van der Waals surface area contributed by atoms with Gasteiger partial charge in [-0.2, -0.15) is 0 Å². The first kappa shape index (κ1) is 26.1. The molecule has 0 N–H and O–H groups in total. The van der Waals surface area contributed by atoms with Crippen LogP contribution in [0.15, 0.2) is 33.9 Å². The van der Waals surface area contributed by atoms with Gasteiger partial charge in [0.25, 0.3) is 5.56 Å². The fourth-order valence-corrected chi connectivity index (χ4v) is 6.80. The minimum absolute atomic E-state index is 0.125. The van der Waals surface area contributed by atoms with Crippen molar-refractivity contribution in [3.05, 3.63) is 61.4 Å². The molecule has 1 aliphatic heterocycles. The van der Waals surface area contributed by atoms with Gasteiger partial charge < -0.3 is 14.5 Å². The fraction of sp³-hybridized carbons (Fsp3) is 0.481. The number of thiophene rings is 1. The fourth-order valence-electron chi connectivity index (χ4n) is 5.45. The zero-order valence-electron chi connectivity index (χ0n) is 21.6. The number of aromatic nitrogens is 2. The highest BCUT2D eigenvalue weighted by molar-refractivity contribution is 7.18. The van der Waals surface area contributed by atoms with Crippen molar-refractivity contribution < 1.29 is 18.7 Å². The average Bonchev–Trinajstić information content (AvgIpc) is 3.31. The lowest BCUT2D eigenvalue weighted by molar-refractivity contribution is -0.133. The van der Waals surface area contributed by atoms with Crippen molar-refractivity contribution in [1.82, 2.24) is 18.9 Å². The molecule has 1 aromatic carbocycles. The molecule has 38 heavy (non-hydrogen) atoms. The van der Waals surface area contributed by atoms with E-state index in [-0.39, 0.29) is 37.3 Å². The van der Waals surface area contributed by atoms with Gasteiger partial charge in [0.2, 0.25) is 5.91 Å². The Balaban J connectivity index is 1.63. The number of ether oxygens (including phenoxy) is 1. The Morgan fingerprint density at radius 2 is 1.84 bits per heavy atom. The molecule has 3 aromatic rings. The maximum atomic E-state index is 13.8. The lowest BCUT2D eigenvalue weighted by Gasteiger charge is -2.31. The number of benzene rings is 1. The van der Waals surface area contributed by atoms with E-state index in [2.05, 4.69) is 0 Å². The van der Waals surface area contributed by atoms with E-state index in [1.165, 1.54) is 40.2 Å². The Labute approximate surface area is 223 Å². The molecule has 0 bridgehead atoms. The molecule has 1 fully saturated rings. The van der Waals surface area contributed by atoms with E-state index < -0.39 is 23.2 Å². The van der Waals surface area contributed by atoms with Crippen molar-refractivity contribution in [3.63, 3.8) is 0 Å². The van der Waals surface area contributed by atoms with E-state index >= 15 is 0 Å². The predicted molar refractivity (Wildman–Crippen MR) is 142 cm³/mol. The molecule has 11 heteroatoms. The van der Waals surface area contributed by atoms with Crippen LogP contribution in [0.3, 0.4) is 0 Å².